The molecule has 0 saturated carbocycles. The second kappa shape index (κ2) is 6.62. The third kappa shape index (κ3) is 4.14. The van der Waals surface area contributed by atoms with Crippen LogP contribution in [-0.4, -0.2) is 30.5 Å². The largest absolute Gasteiger partial charge is 0.345 e. The van der Waals surface area contributed by atoms with Crippen LogP contribution in [0, 0.1) is 0 Å². The molecule has 0 aromatic carbocycles. The van der Waals surface area contributed by atoms with Crippen molar-refractivity contribution in [2.75, 3.05) is 0 Å². The van der Waals surface area contributed by atoms with E-state index in [1.165, 1.54) is 0 Å². The molecule has 0 aromatic heterocycles. The fraction of sp³-hybridized carbons (Fsp3) is 1.00. The van der Waals surface area contributed by atoms with Crippen LogP contribution >= 0.6 is 15.2 Å². The van der Waals surface area contributed by atoms with Gasteiger partial charge in [0.15, 0.2) is 4.90 Å². The molecule has 0 fully saturated rings. The number of rotatable bonds is 8. The molecule has 0 saturated heterocycles. The maximum Gasteiger partial charge on any atom is 0.345 e. The van der Waals surface area contributed by atoms with E-state index in [4.69, 9.17) is 5.73 Å². The molecule has 0 heterocycles. The van der Waals surface area contributed by atoms with Crippen LogP contribution in [0.25, 0.3) is 0 Å². The fourth-order valence-corrected chi connectivity index (χ4v) is 4.15. The minimum atomic E-state index is -5.01. The summed E-state index contributed by atoms with van der Waals surface area (Å²) in [6.45, 7) is 2.87. The molecule has 7 nitrogen and oxygen atoms in total. The van der Waals surface area contributed by atoms with Crippen molar-refractivity contribution < 1.29 is 28.7 Å². The summed E-state index contributed by atoms with van der Waals surface area (Å²) in [5.41, 5.74) is 5.62. The minimum Gasteiger partial charge on any atom is -0.326 e. The smallest absolute Gasteiger partial charge is 0.326 e. The Kier molecular flexibility index (Phi) is 6.71. The lowest BCUT2D eigenvalue weighted by atomic mass is 10.1. The van der Waals surface area contributed by atoms with Crippen molar-refractivity contribution in [1.29, 1.82) is 0 Å². The van der Waals surface area contributed by atoms with Gasteiger partial charge in [-0.05, 0) is 13.3 Å². The minimum absolute atomic E-state index is 0.173. The summed E-state index contributed by atoms with van der Waals surface area (Å²) in [6.07, 6.45) is 3.53. The second-order valence-electron chi connectivity index (χ2n) is 4.64. The molecule has 0 bridgehead atoms. The van der Waals surface area contributed by atoms with E-state index < -0.39 is 26.1 Å². The SMILES string of the molecule is CCCCCCC(N)C(C)(P(=O)(O)O)P(=O)(O)O. The Morgan fingerprint density at radius 3 is 1.83 bits per heavy atom. The average Bonchev–Trinajstić information content (AvgIpc) is 2.19. The maximum absolute atomic E-state index is 11.4. The third-order valence-corrected chi connectivity index (χ3v) is 7.84. The van der Waals surface area contributed by atoms with Gasteiger partial charge in [-0.25, -0.2) is 0 Å². The van der Waals surface area contributed by atoms with Gasteiger partial charge in [0.05, 0.1) is 0 Å². The van der Waals surface area contributed by atoms with E-state index in [9.17, 15) is 28.7 Å². The zero-order valence-electron chi connectivity index (χ0n) is 10.7. The molecule has 1 atom stereocenters. The highest BCUT2D eigenvalue weighted by molar-refractivity contribution is 7.72. The molecular weight excluding hydrogens is 280 g/mol. The summed E-state index contributed by atoms with van der Waals surface area (Å²) < 4.78 is 22.7. The van der Waals surface area contributed by atoms with Gasteiger partial charge in [0.1, 0.15) is 0 Å². The second-order valence-corrected chi connectivity index (χ2v) is 9.02. The van der Waals surface area contributed by atoms with E-state index in [1.54, 1.807) is 0 Å². The molecule has 0 amide bonds. The Balaban J connectivity index is 4.91. The van der Waals surface area contributed by atoms with Gasteiger partial charge in [-0.2, -0.15) is 0 Å². The Morgan fingerprint density at radius 2 is 1.50 bits per heavy atom. The molecule has 1 unspecified atom stereocenters. The van der Waals surface area contributed by atoms with Gasteiger partial charge in [-0.1, -0.05) is 32.6 Å². The van der Waals surface area contributed by atoms with E-state index in [0.717, 1.165) is 26.2 Å². The molecule has 6 N–H and O–H groups in total. The van der Waals surface area contributed by atoms with Crippen molar-refractivity contribution in [2.45, 2.75) is 56.9 Å². The average molecular weight is 303 g/mol. The first-order chi connectivity index (χ1) is 7.98. The predicted molar refractivity (Wildman–Crippen MR) is 69.2 cm³/mol. The van der Waals surface area contributed by atoms with Crippen LogP contribution in [0.1, 0.15) is 46.0 Å². The number of nitrogens with two attached hydrogens (primary N) is 1. The standard InChI is InChI=1S/C9H23NO6P2/c1-3-4-5-6-7-8(10)9(2,17(11,12)13)18(14,15)16/h8H,3-7,10H2,1-2H3,(H2,11,12,13)(H2,14,15,16). The number of hydrogen-bond acceptors (Lipinski definition) is 3. The molecule has 110 valence electrons. The zero-order valence-corrected chi connectivity index (χ0v) is 12.5. The maximum atomic E-state index is 11.4. The highest BCUT2D eigenvalue weighted by Crippen LogP contribution is 2.70. The fourth-order valence-electron chi connectivity index (χ4n) is 1.67. The van der Waals surface area contributed by atoms with E-state index in [0.29, 0.717) is 6.42 Å². The topological polar surface area (TPSA) is 141 Å². The Bertz CT molecular complexity index is 327. The van der Waals surface area contributed by atoms with Crippen LogP contribution in [0.15, 0.2) is 0 Å². The normalized spacial score (nSPS) is 15.7. The van der Waals surface area contributed by atoms with E-state index >= 15 is 0 Å². The van der Waals surface area contributed by atoms with Crippen LogP contribution in [0.5, 0.6) is 0 Å². The summed E-state index contributed by atoms with van der Waals surface area (Å²) >= 11 is 0. The molecule has 0 aliphatic rings. The highest BCUT2D eigenvalue weighted by Gasteiger charge is 2.59. The Hall–Kier alpha value is 0.260. The van der Waals surface area contributed by atoms with Gasteiger partial charge in [-0.15, -0.1) is 0 Å². The van der Waals surface area contributed by atoms with Gasteiger partial charge in [0.25, 0.3) is 0 Å². The van der Waals surface area contributed by atoms with Crippen molar-refractivity contribution in [2.24, 2.45) is 5.73 Å². The molecule has 0 rings (SSSR count). The number of unbranched alkanes of at least 4 members (excludes halogenated alkanes) is 3. The molecule has 9 heteroatoms. The lowest BCUT2D eigenvalue weighted by Gasteiger charge is -2.35. The third-order valence-electron chi connectivity index (χ3n) is 3.25. The van der Waals surface area contributed by atoms with Crippen molar-refractivity contribution in [3.63, 3.8) is 0 Å². The quantitative estimate of drug-likeness (QED) is 0.336. The Morgan fingerprint density at radius 1 is 1.06 bits per heavy atom. The summed E-state index contributed by atoms with van der Waals surface area (Å²) in [5.74, 6) is 0. The molecule has 0 aliphatic carbocycles. The molecule has 18 heavy (non-hydrogen) atoms. The number of hydrogen-bond donors (Lipinski definition) is 5. The predicted octanol–water partition coefficient (Wildman–Crippen LogP) is 1.36. The van der Waals surface area contributed by atoms with E-state index in [1.807, 2.05) is 6.92 Å². The van der Waals surface area contributed by atoms with E-state index in [2.05, 4.69) is 0 Å². The highest BCUT2D eigenvalue weighted by atomic mass is 31.2. The van der Waals surface area contributed by atoms with Gasteiger partial charge >= 0.3 is 15.2 Å². The van der Waals surface area contributed by atoms with Crippen LogP contribution in [0.2, 0.25) is 0 Å². The first-order valence-corrected chi connectivity index (χ1v) is 9.07. The first kappa shape index (κ1) is 18.3. The Labute approximate surface area is 107 Å². The zero-order chi connectivity index (χ0) is 14.6. The monoisotopic (exact) mass is 303 g/mol. The summed E-state index contributed by atoms with van der Waals surface area (Å²) in [6, 6.07) is -1.24. The van der Waals surface area contributed by atoms with Crippen LogP contribution in [0.4, 0.5) is 0 Å². The van der Waals surface area contributed by atoms with Crippen LogP contribution in [0.3, 0.4) is 0 Å². The molecule has 0 spiro atoms. The first-order valence-electron chi connectivity index (χ1n) is 5.85. The molecule has 0 aromatic rings. The van der Waals surface area contributed by atoms with Crippen LogP contribution in [-0.2, 0) is 9.13 Å². The summed E-state index contributed by atoms with van der Waals surface area (Å²) in [4.78, 5) is 34.2. The van der Waals surface area contributed by atoms with Gasteiger partial charge < -0.3 is 25.3 Å². The summed E-state index contributed by atoms with van der Waals surface area (Å²) in [5, 5.41) is 0. The van der Waals surface area contributed by atoms with Gasteiger partial charge in [0, 0.05) is 6.04 Å². The summed E-state index contributed by atoms with van der Waals surface area (Å²) in [7, 11) is -10.0. The van der Waals surface area contributed by atoms with Crippen molar-refractivity contribution in [3.8, 4) is 0 Å². The lowest BCUT2D eigenvalue weighted by molar-refractivity contribution is 0.293. The van der Waals surface area contributed by atoms with E-state index in [-0.39, 0.29) is 6.42 Å². The lowest BCUT2D eigenvalue weighted by Crippen LogP contribution is -2.45. The van der Waals surface area contributed by atoms with Crippen molar-refractivity contribution in [1.82, 2.24) is 0 Å². The van der Waals surface area contributed by atoms with Crippen molar-refractivity contribution in [3.05, 3.63) is 0 Å². The van der Waals surface area contributed by atoms with Crippen molar-refractivity contribution >= 4 is 15.2 Å². The molecule has 0 radical (unpaired) electrons. The molecular formula is C9H23NO6P2. The van der Waals surface area contributed by atoms with Gasteiger partial charge in [-0.3, -0.25) is 9.13 Å². The van der Waals surface area contributed by atoms with Gasteiger partial charge in [0.2, 0.25) is 0 Å². The van der Waals surface area contributed by atoms with Crippen LogP contribution < -0.4 is 5.73 Å². The molecule has 0 aliphatic heterocycles.